The van der Waals surface area contributed by atoms with E-state index < -0.39 is 10.0 Å². The van der Waals surface area contributed by atoms with Crippen LogP contribution in [-0.4, -0.2) is 19.4 Å². The van der Waals surface area contributed by atoms with Crippen molar-refractivity contribution in [2.75, 3.05) is 5.32 Å². The summed E-state index contributed by atoms with van der Waals surface area (Å²) in [6.07, 6.45) is 3.31. The lowest BCUT2D eigenvalue weighted by atomic mass is 10.3. The number of benzene rings is 1. The van der Waals surface area contributed by atoms with Gasteiger partial charge in [-0.2, -0.15) is 0 Å². The summed E-state index contributed by atoms with van der Waals surface area (Å²) >= 11 is 5.89. The Morgan fingerprint density at radius 1 is 1.19 bits per heavy atom. The van der Waals surface area contributed by atoms with E-state index in [9.17, 15) is 8.42 Å². The van der Waals surface area contributed by atoms with Crippen molar-refractivity contribution in [3.63, 3.8) is 0 Å². The van der Waals surface area contributed by atoms with Gasteiger partial charge in [-0.25, -0.2) is 18.1 Å². The number of nitrogens with zero attached hydrogens (tertiary/aromatic N) is 2. The second-order valence-corrected chi connectivity index (χ2v) is 6.48. The summed E-state index contributed by atoms with van der Waals surface area (Å²) in [4.78, 5) is 8.28. The van der Waals surface area contributed by atoms with Crippen molar-refractivity contribution < 1.29 is 8.42 Å². The predicted molar refractivity (Wildman–Crippen MR) is 80.8 cm³/mol. The van der Waals surface area contributed by atoms with Crippen molar-refractivity contribution in [1.82, 2.24) is 9.71 Å². The van der Waals surface area contributed by atoms with Gasteiger partial charge in [-0.15, -0.1) is 0 Å². The quantitative estimate of drug-likeness (QED) is 0.885. The van der Waals surface area contributed by atoms with Crippen LogP contribution in [0.1, 0.15) is 5.56 Å². The lowest BCUT2D eigenvalue weighted by molar-refractivity contribution is 0.591. The molecule has 0 amide bonds. The Balaban J connectivity index is 1.90. The molecule has 2 heterocycles. The number of hydrogen-bond acceptors (Lipinski definition) is 4. The molecular formula is C13H11ClN4O2S. The molecule has 1 aromatic heterocycles. The zero-order valence-electron chi connectivity index (χ0n) is 10.7. The number of sulfonamides is 1. The Kier molecular flexibility index (Phi) is 3.52. The summed E-state index contributed by atoms with van der Waals surface area (Å²) < 4.78 is 26.6. The van der Waals surface area contributed by atoms with E-state index in [1.165, 1.54) is 12.1 Å². The summed E-state index contributed by atoms with van der Waals surface area (Å²) in [7, 11) is -3.63. The molecule has 0 atom stereocenters. The standard InChI is InChI=1S/C13H11ClN4O2S/c14-10-1-2-12-11(7-10)17-13(18-21(12,19)20)16-8-9-3-5-15-6-4-9/h1-7H,8H2,(H2,16,17,18). The van der Waals surface area contributed by atoms with Crippen LogP contribution in [0.3, 0.4) is 0 Å². The number of hydrogen-bond donors (Lipinski definition) is 2. The van der Waals surface area contributed by atoms with Gasteiger partial charge in [-0.3, -0.25) is 4.98 Å². The fraction of sp³-hybridized carbons (Fsp3) is 0.0769. The van der Waals surface area contributed by atoms with E-state index in [1.807, 2.05) is 12.1 Å². The van der Waals surface area contributed by atoms with Gasteiger partial charge in [0.15, 0.2) is 0 Å². The van der Waals surface area contributed by atoms with Gasteiger partial charge in [-0.1, -0.05) is 11.6 Å². The molecular weight excluding hydrogens is 312 g/mol. The largest absolute Gasteiger partial charge is 0.324 e. The summed E-state index contributed by atoms with van der Waals surface area (Å²) in [6, 6.07) is 8.16. The molecule has 0 spiro atoms. The maximum atomic E-state index is 12.1. The number of aliphatic imine (C=N–C) groups is 1. The van der Waals surface area contributed by atoms with E-state index in [0.717, 1.165) is 5.56 Å². The number of anilines is 1. The monoisotopic (exact) mass is 322 g/mol. The molecule has 0 aliphatic carbocycles. The molecule has 0 radical (unpaired) electrons. The molecule has 21 heavy (non-hydrogen) atoms. The Morgan fingerprint density at radius 3 is 2.71 bits per heavy atom. The van der Waals surface area contributed by atoms with Crippen LogP contribution in [0.2, 0.25) is 5.02 Å². The van der Waals surface area contributed by atoms with Gasteiger partial charge in [0.05, 0.1) is 12.2 Å². The lowest BCUT2D eigenvalue weighted by Crippen LogP contribution is -2.40. The number of pyridine rings is 1. The first kappa shape index (κ1) is 13.8. The number of nitrogens with one attached hydrogen (secondary N) is 2. The third-order valence-corrected chi connectivity index (χ3v) is 4.52. The molecule has 0 bridgehead atoms. The van der Waals surface area contributed by atoms with E-state index in [2.05, 4.69) is 20.0 Å². The van der Waals surface area contributed by atoms with Crippen molar-refractivity contribution in [1.29, 1.82) is 0 Å². The molecule has 0 unspecified atom stereocenters. The molecule has 1 aliphatic heterocycles. The smallest absolute Gasteiger partial charge is 0.266 e. The second-order valence-electron chi connectivity index (χ2n) is 4.39. The van der Waals surface area contributed by atoms with Gasteiger partial charge in [0, 0.05) is 17.4 Å². The molecule has 3 rings (SSSR count). The van der Waals surface area contributed by atoms with Gasteiger partial charge in [0.25, 0.3) is 10.0 Å². The predicted octanol–water partition coefficient (Wildman–Crippen LogP) is 1.99. The summed E-state index contributed by atoms with van der Waals surface area (Å²) in [6.45, 7) is 0.337. The van der Waals surface area contributed by atoms with Crippen molar-refractivity contribution in [2.24, 2.45) is 4.99 Å². The van der Waals surface area contributed by atoms with Crippen LogP contribution < -0.4 is 10.0 Å². The Bertz CT molecular complexity index is 806. The first-order valence-electron chi connectivity index (χ1n) is 6.07. The minimum Gasteiger partial charge on any atom is -0.324 e. The molecule has 108 valence electrons. The number of fused-ring (bicyclic) bond motifs is 1. The zero-order valence-corrected chi connectivity index (χ0v) is 12.3. The Hall–Kier alpha value is -2.12. The molecule has 0 saturated heterocycles. The van der Waals surface area contributed by atoms with Crippen LogP contribution in [-0.2, 0) is 16.6 Å². The van der Waals surface area contributed by atoms with E-state index in [0.29, 0.717) is 17.3 Å². The average molecular weight is 323 g/mol. The van der Waals surface area contributed by atoms with E-state index in [4.69, 9.17) is 11.6 Å². The lowest BCUT2D eigenvalue weighted by Gasteiger charge is -2.21. The van der Waals surface area contributed by atoms with Crippen LogP contribution in [0.4, 0.5) is 5.69 Å². The van der Waals surface area contributed by atoms with E-state index >= 15 is 0 Å². The second kappa shape index (κ2) is 5.34. The number of rotatable bonds is 2. The van der Waals surface area contributed by atoms with Crippen LogP contribution in [0.5, 0.6) is 0 Å². The highest BCUT2D eigenvalue weighted by molar-refractivity contribution is 7.90. The molecule has 6 nitrogen and oxygen atoms in total. The third kappa shape index (κ3) is 2.98. The van der Waals surface area contributed by atoms with Crippen LogP contribution >= 0.6 is 11.6 Å². The maximum Gasteiger partial charge on any atom is 0.266 e. The fourth-order valence-corrected chi connectivity index (χ4v) is 3.20. The molecule has 8 heteroatoms. The Morgan fingerprint density at radius 2 is 1.95 bits per heavy atom. The summed E-state index contributed by atoms with van der Waals surface area (Å²) in [5.74, 6) is 0.168. The number of aromatic nitrogens is 1. The van der Waals surface area contributed by atoms with E-state index in [-0.39, 0.29) is 10.9 Å². The highest BCUT2D eigenvalue weighted by Crippen LogP contribution is 2.27. The maximum absolute atomic E-state index is 12.1. The van der Waals surface area contributed by atoms with Gasteiger partial charge in [0.1, 0.15) is 4.90 Å². The highest BCUT2D eigenvalue weighted by Gasteiger charge is 2.26. The topological polar surface area (TPSA) is 83.5 Å². The van der Waals surface area contributed by atoms with Gasteiger partial charge >= 0.3 is 0 Å². The normalized spacial score (nSPS) is 17.7. The molecule has 0 fully saturated rings. The first-order valence-corrected chi connectivity index (χ1v) is 7.93. The minimum absolute atomic E-state index is 0.148. The van der Waals surface area contributed by atoms with Crippen molar-refractivity contribution >= 4 is 33.3 Å². The third-order valence-electron chi connectivity index (χ3n) is 2.88. The summed E-state index contributed by atoms with van der Waals surface area (Å²) in [5, 5.41) is 3.37. The van der Waals surface area contributed by atoms with Gasteiger partial charge in [-0.05, 0) is 35.9 Å². The fourth-order valence-electron chi connectivity index (χ4n) is 1.90. The highest BCUT2D eigenvalue weighted by atomic mass is 35.5. The van der Waals surface area contributed by atoms with Crippen molar-refractivity contribution in [2.45, 2.75) is 11.4 Å². The Labute approximate surface area is 126 Å². The summed E-state index contributed by atoms with van der Waals surface area (Å²) in [5.41, 5.74) is 1.34. The molecule has 0 saturated carbocycles. The van der Waals surface area contributed by atoms with E-state index in [1.54, 1.807) is 18.5 Å². The molecule has 2 aromatic rings. The van der Waals surface area contributed by atoms with Crippen LogP contribution in [0.25, 0.3) is 0 Å². The van der Waals surface area contributed by atoms with Gasteiger partial charge in [0.2, 0.25) is 5.96 Å². The molecule has 1 aromatic carbocycles. The number of halogens is 1. The van der Waals surface area contributed by atoms with Crippen molar-refractivity contribution in [3.8, 4) is 0 Å². The molecule has 1 aliphatic rings. The SMILES string of the molecule is O=S1(=O)NC(=NCc2ccncc2)Nc2cc(Cl)ccc21. The van der Waals surface area contributed by atoms with Crippen LogP contribution in [0, 0.1) is 0 Å². The van der Waals surface area contributed by atoms with Crippen LogP contribution in [0.15, 0.2) is 52.6 Å². The molecule has 2 N–H and O–H groups in total. The first-order chi connectivity index (χ1) is 10.0. The van der Waals surface area contributed by atoms with Crippen molar-refractivity contribution in [3.05, 3.63) is 53.3 Å². The van der Waals surface area contributed by atoms with Gasteiger partial charge < -0.3 is 5.32 Å². The number of guanidine groups is 1. The minimum atomic E-state index is -3.63. The average Bonchev–Trinajstić information content (AvgIpc) is 2.45. The zero-order chi connectivity index (χ0) is 14.9.